The maximum atomic E-state index is 11.6. The molecule has 0 rings (SSSR count). The van der Waals surface area contributed by atoms with Crippen LogP contribution in [0.5, 0.6) is 0 Å². The fourth-order valence-corrected chi connectivity index (χ4v) is 2.70. The van der Waals surface area contributed by atoms with Crippen LogP contribution in [0, 0.1) is 0 Å². The second-order valence-corrected chi connectivity index (χ2v) is 7.25. The van der Waals surface area contributed by atoms with Gasteiger partial charge in [-0.2, -0.15) is 0 Å². The minimum Gasteiger partial charge on any atom is -0.386 e. The van der Waals surface area contributed by atoms with Gasteiger partial charge in [0.15, 0.2) is 13.2 Å². The first kappa shape index (κ1) is 30.1. The smallest absolute Gasteiger partial charge is 0.260 e. The Morgan fingerprint density at radius 3 is 1.48 bits per heavy atom. The zero-order chi connectivity index (χ0) is 24.9. The Balaban J connectivity index is 3.69. The lowest BCUT2D eigenvalue weighted by atomic mass is 10.1. The molecule has 2 amide bonds. The van der Waals surface area contributed by atoms with Crippen molar-refractivity contribution in [3.8, 4) is 0 Å². The van der Waals surface area contributed by atoms with Gasteiger partial charge >= 0.3 is 0 Å². The van der Waals surface area contributed by atoms with E-state index in [0.717, 1.165) is 0 Å². The van der Waals surface area contributed by atoms with E-state index in [9.17, 15) is 19.2 Å². The van der Waals surface area contributed by atoms with Crippen LogP contribution in [0.4, 0.5) is 0 Å². The number of ketones is 2. The molecule has 0 aliphatic heterocycles. The number of carbonyl (C=O) groups excluding carboxylic acids is 4. The van der Waals surface area contributed by atoms with Crippen LogP contribution in [0.15, 0.2) is 10.3 Å². The zero-order valence-corrected chi connectivity index (χ0v) is 20.0. The molecule has 0 unspecified atom stereocenters. The summed E-state index contributed by atoms with van der Waals surface area (Å²) in [6, 6.07) is -0.393. The van der Waals surface area contributed by atoms with E-state index in [2.05, 4.69) is 31.6 Å². The Hall–Kier alpha value is -2.86. The molecule has 0 heterocycles. The normalized spacial score (nSPS) is 13.0. The summed E-state index contributed by atoms with van der Waals surface area (Å²) in [6.07, 6.45) is 5.74. The Morgan fingerprint density at radius 2 is 1.15 bits per heavy atom. The highest BCUT2D eigenvalue weighted by molar-refractivity contribution is 5.82. The van der Waals surface area contributed by atoms with Crippen LogP contribution in [-0.4, -0.2) is 88.3 Å². The summed E-state index contributed by atoms with van der Waals surface area (Å²) in [7, 11) is 3.46. The number of carbonyl (C=O) groups is 4. The molecule has 33 heavy (non-hydrogen) atoms. The summed E-state index contributed by atoms with van der Waals surface area (Å²) in [6.45, 7) is 3.52. The highest BCUT2D eigenvalue weighted by Crippen LogP contribution is 1.98. The van der Waals surface area contributed by atoms with Crippen LogP contribution in [0.3, 0.4) is 0 Å². The number of oxime groups is 2. The van der Waals surface area contributed by atoms with Crippen molar-refractivity contribution in [3.63, 3.8) is 0 Å². The average molecular weight is 471 g/mol. The highest BCUT2D eigenvalue weighted by Gasteiger charge is 2.11. The monoisotopic (exact) mass is 470 g/mol. The third-order valence-corrected chi connectivity index (χ3v) is 4.56. The summed E-state index contributed by atoms with van der Waals surface area (Å²) in [4.78, 5) is 55.5. The fourth-order valence-electron chi connectivity index (χ4n) is 2.70. The lowest BCUT2D eigenvalue weighted by Crippen LogP contribution is -2.34. The molecule has 0 aromatic heterocycles. The number of Topliss-reactive ketones (excluding diaryl/α,β-unsaturated/α-hetero) is 2. The van der Waals surface area contributed by atoms with E-state index in [0.29, 0.717) is 45.2 Å². The second kappa shape index (κ2) is 19.8. The molecule has 0 aromatic rings. The van der Waals surface area contributed by atoms with E-state index in [4.69, 9.17) is 9.68 Å². The summed E-state index contributed by atoms with van der Waals surface area (Å²) < 4.78 is 0. The van der Waals surface area contributed by atoms with Crippen LogP contribution >= 0.6 is 0 Å². The molecule has 188 valence electrons. The van der Waals surface area contributed by atoms with Gasteiger partial charge in [0.05, 0.1) is 12.1 Å². The minimum atomic E-state index is -0.304. The van der Waals surface area contributed by atoms with Gasteiger partial charge in [-0.1, -0.05) is 10.3 Å². The number of hydrogen-bond donors (Lipinski definition) is 4. The molecule has 0 aromatic carbocycles. The number of nitrogens with zero attached hydrogens (tertiary/aromatic N) is 2. The van der Waals surface area contributed by atoms with Gasteiger partial charge in [0.25, 0.3) is 11.8 Å². The van der Waals surface area contributed by atoms with Gasteiger partial charge in [0, 0.05) is 31.9 Å². The molecule has 0 saturated carbocycles. The lowest BCUT2D eigenvalue weighted by molar-refractivity contribution is -0.126. The number of amides is 2. The standard InChI is InChI=1S/C21H38N6O6/c1-16(28)18(22-3)8-5-10-24-20(30)14-32-26-12-7-13-27-33-15-21(31)25-11-6-9-19(23-4)17(2)29/h12-13,18-19,22-23H,5-11,14-15H2,1-4H3,(H,24,30)(H,25,31)/b26-12+,27-13+/t18-,19-/m0/s1. The summed E-state index contributed by atoms with van der Waals surface area (Å²) >= 11 is 0. The molecule has 2 atom stereocenters. The van der Waals surface area contributed by atoms with Crippen LogP contribution in [0.25, 0.3) is 0 Å². The van der Waals surface area contributed by atoms with Crippen molar-refractivity contribution in [3.05, 3.63) is 0 Å². The molecule has 0 aliphatic rings. The number of nitrogens with one attached hydrogen (secondary N) is 4. The maximum Gasteiger partial charge on any atom is 0.260 e. The molecule has 0 fully saturated rings. The van der Waals surface area contributed by atoms with Crippen LogP contribution in [0.1, 0.15) is 46.0 Å². The van der Waals surface area contributed by atoms with Crippen molar-refractivity contribution in [1.29, 1.82) is 0 Å². The average Bonchev–Trinajstić information content (AvgIpc) is 2.77. The van der Waals surface area contributed by atoms with Gasteiger partial charge in [-0.3, -0.25) is 19.2 Å². The minimum absolute atomic E-state index is 0.0687. The first-order valence-corrected chi connectivity index (χ1v) is 11.0. The van der Waals surface area contributed by atoms with Gasteiger partial charge < -0.3 is 30.9 Å². The van der Waals surface area contributed by atoms with Gasteiger partial charge in [0.1, 0.15) is 11.6 Å². The van der Waals surface area contributed by atoms with E-state index in [1.807, 2.05) is 0 Å². The van der Waals surface area contributed by atoms with Crippen molar-refractivity contribution < 1.29 is 28.9 Å². The van der Waals surface area contributed by atoms with Gasteiger partial charge in [-0.15, -0.1) is 0 Å². The SMILES string of the molecule is CN[C@@H](CCCNC(=O)CO/N=C/C/C=N/OCC(=O)NCCC[C@H](NC)C(C)=O)C(C)=O. The molecular formula is C21H38N6O6. The van der Waals surface area contributed by atoms with Crippen molar-refractivity contribution >= 4 is 35.8 Å². The zero-order valence-electron chi connectivity index (χ0n) is 20.0. The topological polar surface area (TPSA) is 160 Å². The first-order chi connectivity index (χ1) is 15.8. The summed E-state index contributed by atoms with van der Waals surface area (Å²) in [5.41, 5.74) is 0. The van der Waals surface area contributed by atoms with Gasteiger partial charge in [-0.05, 0) is 53.6 Å². The molecule has 0 bridgehead atoms. The number of hydrogen-bond acceptors (Lipinski definition) is 10. The molecule has 4 N–H and O–H groups in total. The maximum absolute atomic E-state index is 11.6. The third kappa shape index (κ3) is 17.4. The van der Waals surface area contributed by atoms with E-state index >= 15 is 0 Å². The largest absolute Gasteiger partial charge is 0.386 e. The van der Waals surface area contributed by atoms with Crippen LogP contribution in [0.2, 0.25) is 0 Å². The molecule has 12 heteroatoms. The first-order valence-electron chi connectivity index (χ1n) is 11.0. The van der Waals surface area contributed by atoms with Crippen LogP contribution in [-0.2, 0) is 28.9 Å². The number of likely N-dealkylation sites (N-methyl/N-ethyl adjacent to an activating group) is 2. The highest BCUT2D eigenvalue weighted by atomic mass is 16.6. The van der Waals surface area contributed by atoms with Gasteiger partial charge in [0.2, 0.25) is 0 Å². The Morgan fingerprint density at radius 1 is 0.758 bits per heavy atom. The van der Waals surface area contributed by atoms with E-state index < -0.39 is 0 Å². The predicted octanol–water partition coefficient (Wildman–Crippen LogP) is -0.472. The third-order valence-electron chi connectivity index (χ3n) is 4.56. The molecule has 0 saturated heterocycles. The van der Waals surface area contributed by atoms with Gasteiger partial charge in [-0.25, -0.2) is 0 Å². The molecule has 0 radical (unpaired) electrons. The lowest BCUT2D eigenvalue weighted by Gasteiger charge is -2.12. The quantitative estimate of drug-likeness (QED) is 0.106. The molecule has 12 nitrogen and oxygen atoms in total. The van der Waals surface area contributed by atoms with E-state index in [-0.39, 0.29) is 48.7 Å². The van der Waals surface area contributed by atoms with Crippen LogP contribution < -0.4 is 21.3 Å². The second-order valence-electron chi connectivity index (χ2n) is 7.25. The molecule has 0 spiro atoms. The van der Waals surface area contributed by atoms with Crippen molar-refractivity contribution in [2.75, 3.05) is 40.4 Å². The van der Waals surface area contributed by atoms with E-state index in [1.165, 1.54) is 26.3 Å². The summed E-state index contributed by atoms with van der Waals surface area (Å²) in [5, 5.41) is 18.5. The van der Waals surface area contributed by atoms with Crippen molar-refractivity contribution in [1.82, 2.24) is 21.3 Å². The molecular weight excluding hydrogens is 432 g/mol. The van der Waals surface area contributed by atoms with Crippen molar-refractivity contribution in [2.24, 2.45) is 10.3 Å². The van der Waals surface area contributed by atoms with E-state index in [1.54, 1.807) is 14.1 Å². The fraction of sp³-hybridized carbons (Fsp3) is 0.714. The predicted molar refractivity (Wildman–Crippen MR) is 125 cm³/mol. The Bertz CT molecular complexity index is 601. The molecule has 0 aliphatic carbocycles. The Labute approximate surface area is 195 Å². The van der Waals surface area contributed by atoms with Crippen molar-refractivity contribution in [2.45, 2.75) is 58.0 Å². The summed E-state index contributed by atoms with van der Waals surface area (Å²) in [5.74, 6) is -0.470. The Kier molecular flexibility index (Phi) is 18.1. The number of rotatable bonds is 20.